The van der Waals surface area contributed by atoms with Gasteiger partial charge in [-0.05, 0) is 54.5 Å². The van der Waals surface area contributed by atoms with Crippen LogP contribution in [0.2, 0.25) is 0 Å². The molecule has 0 amide bonds. The SMILES string of the molecule is CCNC1c2c(C)ccc(C)c2C(C)C1C. The number of aryl methyl sites for hydroxylation is 2. The normalized spacial score (nSPS) is 28.2. The molecule has 0 aromatic heterocycles. The summed E-state index contributed by atoms with van der Waals surface area (Å²) in [5.74, 6) is 1.38. The summed E-state index contributed by atoms with van der Waals surface area (Å²) in [6.07, 6.45) is 0. The van der Waals surface area contributed by atoms with Crippen LogP contribution < -0.4 is 5.32 Å². The Bertz CT molecular complexity index is 395. The van der Waals surface area contributed by atoms with Crippen LogP contribution in [0, 0.1) is 19.8 Å². The maximum absolute atomic E-state index is 3.65. The fraction of sp³-hybridized carbons (Fsp3) is 0.600. The van der Waals surface area contributed by atoms with Gasteiger partial charge in [0.1, 0.15) is 0 Å². The van der Waals surface area contributed by atoms with Crippen LogP contribution in [0.5, 0.6) is 0 Å². The highest BCUT2D eigenvalue weighted by Gasteiger charge is 2.36. The minimum Gasteiger partial charge on any atom is -0.310 e. The summed E-state index contributed by atoms with van der Waals surface area (Å²) in [5.41, 5.74) is 6.07. The average molecular weight is 217 g/mol. The Morgan fingerprint density at radius 3 is 2.19 bits per heavy atom. The van der Waals surface area contributed by atoms with Crippen molar-refractivity contribution < 1.29 is 0 Å². The first-order valence-electron chi connectivity index (χ1n) is 6.41. The number of hydrogen-bond donors (Lipinski definition) is 1. The predicted molar refractivity (Wildman–Crippen MR) is 69.9 cm³/mol. The summed E-state index contributed by atoms with van der Waals surface area (Å²) in [7, 11) is 0. The van der Waals surface area contributed by atoms with Gasteiger partial charge in [0.2, 0.25) is 0 Å². The fourth-order valence-corrected chi connectivity index (χ4v) is 3.19. The van der Waals surface area contributed by atoms with E-state index in [2.05, 4.69) is 52.1 Å². The molecule has 3 atom stereocenters. The Labute approximate surface area is 99.3 Å². The Morgan fingerprint density at radius 2 is 1.62 bits per heavy atom. The first-order chi connectivity index (χ1) is 7.57. The second-order valence-electron chi connectivity index (χ2n) is 5.21. The molecule has 1 aromatic carbocycles. The van der Waals surface area contributed by atoms with Crippen LogP contribution in [-0.4, -0.2) is 6.54 Å². The van der Waals surface area contributed by atoms with Crippen LogP contribution in [0.25, 0.3) is 0 Å². The summed E-state index contributed by atoms with van der Waals surface area (Å²) in [4.78, 5) is 0. The van der Waals surface area contributed by atoms with Gasteiger partial charge in [-0.1, -0.05) is 32.9 Å². The van der Waals surface area contributed by atoms with E-state index in [1.807, 2.05) is 0 Å². The smallest absolute Gasteiger partial charge is 0.0357 e. The van der Waals surface area contributed by atoms with Gasteiger partial charge < -0.3 is 5.32 Å². The third-order valence-corrected chi connectivity index (χ3v) is 4.23. The second-order valence-corrected chi connectivity index (χ2v) is 5.21. The van der Waals surface area contributed by atoms with Crippen LogP contribution in [0.4, 0.5) is 0 Å². The number of fused-ring (bicyclic) bond motifs is 1. The zero-order chi connectivity index (χ0) is 11.9. The van der Waals surface area contributed by atoms with Gasteiger partial charge in [0.15, 0.2) is 0 Å². The number of nitrogens with one attached hydrogen (secondary N) is 1. The molecule has 0 aliphatic heterocycles. The lowest BCUT2D eigenvalue weighted by Crippen LogP contribution is -2.24. The van der Waals surface area contributed by atoms with Crippen LogP contribution >= 0.6 is 0 Å². The van der Waals surface area contributed by atoms with E-state index in [0.717, 1.165) is 6.54 Å². The standard InChI is InChI=1S/C15H23N/c1-6-16-15-12(5)11(4)13-9(2)7-8-10(3)14(13)15/h7-8,11-12,15-16H,6H2,1-5H3. The zero-order valence-electron chi connectivity index (χ0n) is 11.1. The average Bonchev–Trinajstić information content (AvgIpc) is 2.50. The number of rotatable bonds is 2. The highest BCUT2D eigenvalue weighted by Crippen LogP contribution is 2.47. The van der Waals surface area contributed by atoms with Crippen molar-refractivity contribution in [3.05, 3.63) is 34.4 Å². The van der Waals surface area contributed by atoms with E-state index >= 15 is 0 Å². The summed E-state index contributed by atoms with van der Waals surface area (Å²) in [6, 6.07) is 5.09. The molecule has 0 spiro atoms. The molecule has 1 aromatic rings. The van der Waals surface area contributed by atoms with Crippen LogP contribution in [0.3, 0.4) is 0 Å². The molecule has 0 saturated carbocycles. The molecule has 0 saturated heterocycles. The van der Waals surface area contributed by atoms with Gasteiger partial charge in [0.05, 0.1) is 0 Å². The lowest BCUT2D eigenvalue weighted by molar-refractivity contribution is 0.386. The van der Waals surface area contributed by atoms with E-state index in [1.165, 1.54) is 11.1 Å². The minimum atomic E-state index is 0.551. The van der Waals surface area contributed by atoms with E-state index in [-0.39, 0.29) is 0 Å². The molecule has 1 aliphatic rings. The predicted octanol–water partition coefficient (Wildman–Crippen LogP) is 3.71. The monoisotopic (exact) mass is 217 g/mol. The van der Waals surface area contributed by atoms with Crippen molar-refractivity contribution in [3.8, 4) is 0 Å². The zero-order valence-corrected chi connectivity index (χ0v) is 11.1. The quantitative estimate of drug-likeness (QED) is 0.796. The van der Waals surface area contributed by atoms with Gasteiger partial charge in [-0.25, -0.2) is 0 Å². The molecule has 1 N–H and O–H groups in total. The van der Waals surface area contributed by atoms with Crippen LogP contribution in [0.15, 0.2) is 12.1 Å². The molecule has 0 fully saturated rings. The van der Waals surface area contributed by atoms with Gasteiger partial charge in [-0.2, -0.15) is 0 Å². The summed E-state index contributed by atoms with van der Waals surface area (Å²) < 4.78 is 0. The van der Waals surface area contributed by atoms with Gasteiger partial charge in [0, 0.05) is 6.04 Å². The molecule has 0 bridgehead atoms. The first kappa shape index (κ1) is 11.7. The Kier molecular flexibility index (Phi) is 3.07. The van der Waals surface area contributed by atoms with Gasteiger partial charge >= 0.3 is 0 Å². The fourth-order valence-electron chi connectivity index (χ4n) is 3.19. The molecule has 3 unspecified atom stereocenters. The van der Waals surface area contributed by atoms with Crippen molar-refractivity contribution in [1.82, 2.24) is 5.32 Å². The van der Waals surface area contributed by atoms with E-state index in [9.17, 15) is 0 Å². The van der Waals surface area contributed by atoms with Gasteiger partial charge in [-0.15, -0.1) is 0 Å². The Balaban J connectivity index is 2.55. The molecular weight excluding hydrogens is 194 g/mol. The van der Waals surface area contributed by atoms with E-state index in [1.54, 1.807) is 11.1 Å². The second kappa shape index (κ2) is 4.21. The van der Waals surface area contributed by atoms with Crippen molar-refractivity contribution in [1.29, 1.82) is 0 Å². The minimum absolute atomic E-state index is 0.551. The van der Waals surface area contributed by atoms with Crippen LogP contribution in [-0.2, 0) is 0 Å². The Hall–Kier alpha value is -0.820. The third kappa shape index (κ3) is 1.58. The molecule has 1 nitrogen and oxygen atoms in total. The molecule has 2 rings (SSSR count). The largest absolute Gasteiger partial charge is 0.310 e. The highest BCUT2D eigenvalue weighted by molar-refractivity contribution is 5.48. The lowest BCUT2D eigenvalue weighted by Gasteiger charge is -2.20. The summed E-state index contributed by atoms with van der Waals surface area (Å²) >= 11 is 0. The van der Waals surface area contributed by atoms with Crippen LogP contribution in [0.1, 0.15) is 55.0 Å². The molecule has 1 heteroatoms. The van der Waals surface area contributed by atoms with Crippen molar-refractivity contribution in [2.24, 2.45) is 5.92 Å². The van der Waals surface area contributed by atoms with E-state index < -0.39 is 0 Å². The first-order valence-corrected chi connectivity index (χ1v) is 6.41. The van der Waals surface area contributed by atoms with E-state index in [0.29, 0.717) is 17.9 Å². The Morgan fingerprint density at radius 1 is 1.06 bits per heavy atom. The molecule has 0 radical (unpaired) electrons. The van der Waals surface area contributed by atoms with Crippen molar-refractivity contribution in [2.45, 2.75) is 46.6 Å². The molecule has 1 aliphatic carbocycles. The number of benzene rings is 1. The molecule has 16 heavy (non-hydrogen) atoms. The third-order valence-electron chi connectivity index (χ3n) is 4.23. The molecule has 0 heterocycles. The lowest BCUT2D eigenvalue weighted by atomic mass is 9.92. The maximum Gasteiger partial charge on any atom is 0.0357 e. The summed E-state index contributed by atoms with van der Waals surface area (Å²) in [5, 5.41) is 3.65. The maximum atomic E-state index is 3.65. The van der Waals surface area contributed by atoms with Crippen molar-refractivity contribution >= 4 is 0 Å². The number of hydrogen-bond acceptors (Lipinski definition) is 1. The van der Waals surface area contributed by atoms with Crippen molar-refractivity contribution in [2.75, 3.05) is 6.54 Å². The summed E-state index contributed by atoms with van der Waals surface area (Å²) in [6.45, 7) is 12.5. The molecule has 88 valence electrons. The highest BCUT2D eigenvalue weighted by atomic mass is 14.9. The van der Waals surface area contributed by atoms with Crippen molar-refractivity contribution in [3.63, 3.8) is 0 Å². The van der Waals surface area contributed by atoms with E-state index in [4.69, 9.17) is 0 Å². The molecular formula is C15H23N. The van der Waals surface area contributed by atoms with Gasteiger partial charge in [-0.3, -0.25) is 0 Å². The topological polar surface area (TPSA) is 12.0 Å². The van der Waals surface area contributed by atoms with Gasteiger partial charge in [0.25, 0.3) is 0 Å².